The summed E-state index contributed by atoms with van der Waals surface area (Å²) in [6, 6.07) is 0. The summed E-state index contributed by atoms with van der Waals surface area (Å²) >= 11 is 0. The van der Waals surface area contributed by atoms with Crippen LogP contribution in [0.25, 0.3) is 0 Å². The van der Waals surface area contributed by atoms with Gasteiger partial charge in [0.1, 0.15) is 11.4 Å². The molecule has 0 bridgehead atoms. The fourth-order valence-corrected chi connectivity index (χ4v) is 5.46. The first-order chi connectivity index (χ1) is 16.5. The van der Waals surface area contributed by atoms with E-state index in [0.717, 1.165) is 24.2 Å². The molecule has 3 atom stereocenters. The van der Waals surface area contributed by atoms with Crippen LogP contribution >= 0.6 is 0 Å². The van der Waals surface area contributed by atoms with Crippen LogP contribution in [0.3, 0.4) is 0 Å². The van der Waals surface area contributed by atoms with Crippen molar-refractivity contribution >= 4 is 0 Å². The zero-order valence-corrected chi connectivity index (χ0v) is 25.8. The molecule has 0 fully saturated rings. The van der Waals surface area contributed by atoms with Crippen molar-refractivity contribution in [2.24, 2.45) is 17.8 Å². The average Bonchev–Trinajstić information content (AvgIpc) is 2.81. The summed E-state index contributed by atoms with van der Waals surface area (Å²) in [5, 5.41) is 0. The van der Waals surface area contributed by atoms with Crippen LogP contribution in [0.2, 0.25) is 0 Å². The molecule has 1 aliphatic heterocycles. The summed E-state index contributed by atoms with van der Waals surface area (Å²) in [4.78, 5) is 0. The molecule has 0 aliphatic carbocycles. The molecule has 1 aromatic carbocycles. The van der Waals surface area contributed by atoms with Crippen LogP contribution in [0.5, 0.6) is 5.75 Å². The molecule has 3 unspecified atom stereocenters. The highest BCUT2D eigenvalue weighted by Gasteiger charge is 2.33. The van der Waals surface area contributed by atoms with Crippen molar-refractivity contribution in [1.82, 2.24) is 0 Å². The monoisotopic (exact) mass is 486 g/mol. The Hall–Kier alpha value is -0.980. The SMILES string of the molecule is CCCC.Cc1c(C)c(C)c2c(c1C)CCC(C)(CCCC(C)CCCC(C)CCCC(C)C)O2. The van der Waals surface area contributed by atoms with Gasteiger partial charge in [-0.25, -0.2) is 0 Å². The summed E-state index contributed by atoms with van der Waals surface area (Å²) < 4.78 is 6.72. The molecule has 0 spiro atoms. The van der Waals surface area contributed by atoms with Crippen molar-refractivity contribution in [2.45, 2.75) is 165 Å². The van der Waals surface area contributed by atoms with Gasteiger partial charge in [-0.2, -0.15) is 0 Å². The van der Waals surface area contributed by atoms with E-state index in [0.29, 0.717) is 0 Å². The minimum atomic E-state index is 0.0105. The van der Waals surface area contributed by atoms with E-state index in [-0.39, 0.29) is 5.60 Å². The number of benzene rings is 1. The Balaban J connectivity index is 0.00000142. The molecular formula is C34H62O. The fraction of sp³-hybridized carbons (Fsp3) is 0.824. The van der Waals surface area contributed by atoms with Crippen LogP contribution in [-0.4, -0.2) is 5.60 Å². The number of unbranched alkanes of at least 4 members (excludes halogenated alkanes) is 1. The predicted molar refractivity (Wildman–Crippen MR) is 158 cm³/mol. The molecule has 0 N–H and O–H groups in total. The van der Waals surface area contributed by atoms with E-state index in [4.69, 9.17) is 4.74 Å². The molecule has 1 heterocycles. The molecule has 1 aromatic rings. The second-order valence-electron chi connectivity index (χ2n) is 12.7. The minimum Gasteiger partial charge on any atom is -0.487 e. The Morgan fingerprint density at radius 1 is 0.686 bits per heavy atom. The van der Waals surface area contributed by atoms with Crippen LogP contribution in [0.4, 0.5) is 0 Å². The molecular weight excluding hydrogens is 424 g/mol. The Morgan fingerprint density at radius 2 is 1.17 bits per heavy atom. The number of rotatable bonds is 13. The quantitative estimate of drug-likeness (QED) is 0.269. The molecule has 0 amide bonds. The smallest absolute Gasteiger partial charge is 0.126 e. The maximum atomic E-state index is 6.72. The van der Waals surface area contributed by atoms with Gasteiger partial charge in [0, 0.05) is 0 Å². The Morgan fingerprint density at radius 3 is 1.69 bits per heavy atom. The number of fused-ring (bicyclic) bond motifs is 1. The lowest BCUT2D eigenvalue weighted by atomic mass is 9.83. The van der Waals surface area contributed by atoms with Gasteiger partial charge in [0.25, 0.3) is 0 Å². The van der Waals surface area contributed by atoms with E-state index < -0.39 is 0 Å². The largest absolute Gasteiger partial charge is 0.487 e. The molecule has 1 aliphatic rings. The van der Waals surface area contributed by atoms with Crippen molar-refractivity contribution in [3.8, 4) is 5.75 Å². The number of ether oxygens (including phenoxy) is 1. The Labute approximate surface area is 221 Å². The second kappa shape index (κ2) is 16.0. The molecule has 0 radical (unpaired) electrons. The third-order valence-electron chi connectivity index (χ3n) is 8.78. The highest BCUT2D eigenvalue weighted by molar-refractivity contribution is 5.55. The maximum Gasteiger partial charge on any atom is 0.126 e. The van der Waals surface area contributed by atoms with Gasteiger partial charge in [0.2, 0.25) is 0 Å². The summed E-state index contributed by atoms with van der Waals surface area (Å²) in [6.45, 7) is 25.3. The fourth-order valence-electron chi connectivity index (χ4n) is 5.46. The topological polar surface area (TPSA) is 9.23 Å². The Kier molecular flexibility index (Phi) is 14.6. The summed E-state index contributed by atoms with van der Waals surface area (Å²) in [7, 11) is 0. The molecule has 35 heavy (non-hydrogen) atoms. The minimum absolute atomic E-state index is 0.0105. The van der Waals surface area contributed by atoms with Crippen LogP contribution in [-0.2, 0) is 6.42 Å². The summed E-state index contributed by atoms with van der Waals surface area (Å²) in [5.74, 6) is 3.81. The van der Waals surface area contributed by atoms with E-state index in [2.05, 4.69) is 76.2 Å². The molecule has 1 heteroatoms. The molecule has 0 saturated carbocycles. The second-order valence-corrected chi connectivity index (χ2v) is 12.7. The van der Waals surface area contributed by atoms with E-state index >= 15 is 0 Å². The van der Waals surface area contributed by atoms with Gasteiger partial charge in [0.15, 0.2) is 0 Å². The van der Waals surface area contributed by atoms with Crippen molar-refractivity contribution in [3.63, 3.8) is 0 Å². The van der Waals surface area contributed by atoms with Crippen molar-refractivity contribution < 1.29 is 4.74 Å². The van der Waals surface area contributed by atoms with Crippen LogP contribution in [0.1, 0.15) is 153 Å². The van der Waals surface area contributed by atoms with E-state index in [1.807, 2.05) is 0 Å². The lowest BCUT2D eigenvalue weighted by Crippen LogP contribution is -2.37. The van der Waals surface area contributed by atoms with Gasteiger partial charge < -0.3 is 4.74 Å². The van der Waals surface area contributed by atoms with E-state index in [1.165, 1.54) is 111 Å². The predicted octanol–water partition coefficient (Wildman–Crippen LogP) is 11.2. The molecule has 0 saturated heterocycles. The van der Waals surface area contributed by atoms with Gasteiger partial charge in [-0.3, -0.25) is 0 Å². The highest BCUT2D eigenvalue weighted by atomic mass is 16.5. The van der Waals surface area contributed by atoms with Crippen LogP contribution < -0.4 is 4.74 Å². The van der Waals surface area contributed by atoms with Crippen molar-refractivity contribution in [1.29, 1.82) is 0 Å². The van der Waals surface area contributed by atoms with Gasteiger partial charge in [0.05, 0.1) is 0 Å². The standard InChI is InChI=1S/C30H52O.C4H10/c1-21(2)13-10-14-22(3)15-11-16-23(4)17-12-19-30(9)20-18-28-26(7)24(5)25(6)27(8)29(28)31-30;1-3-4-2/h21-23H,10-20H2,1-9H3;3-4H2,1-2H3. The average molecular weight is 487 g/mol. The lowest BCUT2D eigenvalue weighted by Gasteiger charge is -2.38. The lowest BCUT2D eigenvalue weighted by molar-refractivity contribution is 0.0513. The van der Waals surface area contributed by atoms with Gasteiger partial charge >= 0.3 is 0 Å². The molecule has 204 valence electrons. The molecule has 0 aromatic heterocycles. The van der Waals surface area contributed by atoms with Crippen LogP contribution in [0, 0.1) is 45.4 Å². The molecule has 2 rings (SSSR count). The zero-order chi connectivity index (χ0) is 26.6. The zero-order valence-electron chi connectivity index (χ0n) is 25.8. The number of hydrogen-bond donors (Lipinski definition) is 0. The van der Waals surface area contributed by atoms with E-state index in [1.54, 1.807) is 0 Å². The highest BCUT2D eigenvalue weighted by Crippen LogP contribution is 2.42. The normalized spacial score (nSPS) is 19.0. The first-order valence-corrected chi connectivity index (χ1v) is 15.2. The third kappa shape index (κ3) is 10.9. The first kappa shape index (κ1) is 32.0. The number of hydrogen-bond acceptors (Lipinski definition) is 1. The third-order valence-corrected chi connectivity index (χ3v) is 8.78. The maximum absolute atomic E-state index is 6.72. The van der Waals surface area contributed by atoms with Gasteiger partial charge in [-0.05, 0) is 106 Å². The summed E-state index contributed by atoms with van der Waals surface area (Å²) in [6.07, 6.45) is 17.2. The molecule has 1 nitrogen and oxygen atoms in total. The van der Waals surface area contributed by atoms with Crippen molar-refractivity contribution in [3.05, 3.63) is 27.8 Å². The van der Waals surface area contributed by atoms with Gasteiger partial charge in [-0.1, -0.05) is 99.3 Å². The van der Waals surface area contributed by atoms with Crippen molar-refractivity contribution in [2.75, 3.05) is 0 Å². The first-order valence-electron chi connectivity index (χ1n) is 15.2. The van der Waals surface area contributed by atoms with Gasteiger partial charge in [-0.15, -0.1) is 0 Å². The Bertz CT molecular complexity index is 729. The summed E-state index contributed by atoms with van der Waals surface area (Å²) in [5.41, 5.74) is 7.15. The van der Waals surface area contributed by atoms with Crippen LogP contribution in [0.15, 0.2) is 0 Å². The van der Waals surface area contributed by atoms with E-state index in [9.17, 15) is 0 Å².